The fraction of sp³-hybridized carbons (Fsp3) is 0.250. The number of methoxy groups -OCH3 is 2. The van der Waals surface area contributed by atoms with E-state index in [1.54, 1.807) is 32.0 Å². The monoisotopic (exact) mass is 343 g/mol. The third kappa shape index (κ3) is 3.48. The van der Waals surface area contributed by atoms with E-state index in [0.717, 1.165) is 10.9 Å². The molecule has 8 heteroatoms. The minimum absolute atomic E-state index is 0.410. The van der Waals surface area contributed by atoms with E-state index in [-0.39, 0.29) is 0 Å². The summed E-state index contributed by atoms with van der Waals surface area (Å²) < 4.78 is 12.2. The second kappa shape index (κ2) is 7.31. The maximum Gasteiger partial charge on any atom is 0.220 e. The largest absolute Gasteiger partial charge is 0.481 e. The van der Waals surface area contributed by atoms with E-state index in [2.05, 4.69) is 32.3 Å². The molecule has 2 aromatic heterocycles. The van der Waals surface area contributed by atoms with Crippen molar-refractivity contribution in [2.24, 2.45) is 7.05 Å². The molecule has 24 heavy (non-hydrogen) atoms. The maximum absolute atomic E-state index is 5.18. The highest BCUT2D eigenvalue weighted by atomic mass is 32.2. The summed E-state index contributed by atoms with van der Waals surface area (Å²) in [6.07, 6.45) is 0. The summed E-state index contributed by atoms with van der Waals surface area (Å²) >= 11 is 1.61. The van der Waals surface area contributed by atoms with Gasteiger partial charge in [0.05, 0.1) is 20.3 Å². The van der Waals surface area contributed by atoms with Crippen LogP contribution in [0.2, 0.25) is 0 Å². The Labute approximate surface area is 144 Å². The summed E-state index contributed by atoms with van der Waals surface area (Å²) in [5, 5.41) is 9.23. The molecule has 0 aliphatic carbocycles. The lowest BCUT2D eigenvalue weighted by Gasteiger charge is -2.06. The molecule has 1 aromatic carbocycles. The summed E-state index contributed by atoms with van der Waals surface area (Å²) in [6.45, 7) is 0. The van der Waals surface area contributed by atoms with Crippen LogP contribution in [0.4, 0.5) is 0 Å². The zero-order valence-electron chi connectivity index (χ0n) is 13.6. The van der Waals surface area contributed by atoms with Crippen molar-refractivity contribution >= 4 is 11.8 Å². The average molecular weight is 343 g/mol. The molecule has 3 aromatic rings. The molecule has 0 spiro atoms. The van der Waals surface area contributed by atoms with Crippen LogP contribution in [0.25, 0.3) is 11.6 Å². The van der Waals surface area contributed by atoms with E-state index < -0.39 is 0 Å². The van der Waals surface area contributed by atoms with Crippen LogP contribution < -0.4 is 9.47 Å². The quantitative estimate of drug-likeness (QED) is 0.637. The summed E-state index contributed by atoms with van der Waals surface area (Å²) in [5.41, 5.74) is 1.23. The van der Waals surface area contributed by atoms with E-state index in [4.69, 9.17) is 9.47 Å². The molecular formula is C16H17N5O2S. The molecule has 0 N–H and O–H groups in total. The predicted molar refractivity (Wildman–Crippen MR) is 91.1 cm³/mol. The van der Waals surface area contributed by atoms with Gasteiger partial charge in [-0.05, 0) is 5.56 Å². The van der Waals surface area contributed by atoms with Crippen LogP contribution in [0.5, 0.6) is 11.8 Å². The van der Waals surface area contributed by atoms with Gasteiger partial charge in [-0.15, -0.1) is 10.2 Å². The van der Waals surface area contributed by atoms with Crippen LogP contribution in [0.1, 0.15) is 5.56 Å². The summed E-state index contributed by atoms with van der Waals surface area (Å²) in [6, 6.07) is 11.8. The van der Waals surface area contributed by atoms with Gasteiger partial charge in [-0.2, -0.15) is 9.97 Å². The van der Waals surface area contributed by atoms with E-state index in [1.165, 1.54) is 5.56 Å². The van der Waals surface area contributed by atoms with Crippen molar-refractivity contribution in [2.75, 3.05) is 14.2 Å². The van der Waals surface area contributed by atoms with E-state index in [0.29, 0.717) is 23.4 Å². The molecule has 0 amide bonds. The van der Waals surface area contributed by atoms with Gasteiger partial charge in [0.15, 0.2) is 5.16 Å². The van der Waals surface area contributed by atoms with Crippen molar-refractivity contribution in [3.63, 3.8) is 0 Å². The Hall–Kier alpha value is -2.61. The van der Waals surface area contributed by atoms with Crippen LogP contribution in [0.3, 0.4) is 0 Å². The number of thioether (sulfide) groups is 1. The van der Waals surface area contributed by atoms with E-state index in [9.17, 15) is 0 Å². The van der Waals surface area contributed by atoms with Crippen molar-refractivity contribution in [1.29, 1.82) is 0 Å². The first-order chi connectivity index (χ1) is 11.7. The van der Waals surface area contributed by atoms with Gasteiger partial charge in [0, 0.05) is 12.8 Å². The van der Waals surface area contributed by atoms with E-state index >= 15 is 0 Å². The summed E-state index contributed by atoms with van der Waals surface area (Å²) in [7, 11) is 4.98. The third-order valence-electron chi connectivity index (χ3n) is 3.34. The van der Waals surface area contributed by atoms with Crippen molar-refractivity contribution in [3.8, 4) is 23.4 Å². The summed E-state index contributed by atoms with van der Waals surface area (Å²) in [5.74, 6) is 2.61. The van der Waals surface area contributed by atoms with Crippen molar-refractivity contribution < 1.29 is 9.47 Å². The van der Waals surface area contributed by atoms with Crippen LogP contribution in [-0.2, 0) is 12.8 Å². The van der Waals surface area contributed by atoms with Crippen molar-refractivity contribution in [1.82, 2.24) is 24.7 Å². The lowest BCUT2D eigenvalue weighted by molar-refractivity contribution is 0.372. The van der Waals surface area contributed by atoms with Crippen LogP contribution in [0.15, 0.2) is 41.6 Å². The van der Waals surface area contributed by atoms with Crippen LogP contribution >= 0.6 is 11.8 Å². The molecule has 3 rings (SSSR count). The Morgan fingerprint density at radius 2 is 1.67 bits per heavy atom. The van der Waals surface area contributed by atoms with Gasteiger partial charge >= 0.3 is 0 Å². The number of benzene rings is 1. The highest BCUT2D eigenvalue weighted by Gasteiger charge is 2.16. The molecule has 0 bridgehead atoms. The van der Waals surface area contributed by atoms with Gasteiger partial charge in [-0.25, -0.2) is 0 Å². The lowest BCUT2D eigenvalue weighted by atomic mass is 10.2. The molecule has 0 unspecified atom stereocenters. The molecule has 124 valence electrons. The van der Waals surface area contributed by atoms with Gasteiger partial charge in [-0.1, -0.05) is 42.1 Å². The summed E-state index contributed by atoms with van der Waals surface area (Å²) in [4.78, 5) is 8.63. The maximum atomic E-state index is 5.18. The standard InChI is InChI=1S/C16H17N5O2S/c1-21-15(14-17-12(22-2)9-13(18-14)23-3)19-20-16(21)24-10-11-7-5-4-6-8-11/h4-9H,10H2,1-3H3. The van der Waals surface area contributed by atoms with Gasteiger partial charge < -0.3 is 14.0 Å². The normalized spacial score (nSPS) is 10.6. The molecular weight excluding hydrogens is 326 g/mol. The molecule has 0 atom stereocenters. The Balaban J connectivity index is 1.84. The molecule has 0 saturated heterocycles. The second-order valence-electron chi connectivity index (χ2n) is 4.92. The Morgan fingerprint density at radius 3 is 2.29 bits per heavy atom. The highest BCUT2D eigenvalue weighted by Crippen LogP contribution is 2.26. The van der Waals surface area contributed by atoms with Crippen molar-refractivity contribution in [3.05, 3.63) is 42.0 Å². The molecule has 0 radical (unpaired) electrons. The first-order valence-corrected chi connectivity index (χ1v) is 8.23. The zero-order chi connectivity index (χ0) is 16.9. The molecule has 0 saturated carbocycles. The Morgan fingerprint density at radius 1 is 1.00 bits per heavy atom. The second-order valence-corrected chi connectivity index (χ2v) is 5.86. The third-order valence-corrected chi connectivity index (χ3v) is 4.43. The van der Waals surface area contributed by atoms with Crippen molar-refractivity contribution in [2.45, 2.75) is 10.9 Å². The first kappa shape index (κ1) is 16.3. The molecule has 0 aliphatic rings. The fourth-order valence-electron chi connectivity index (χ4n) is 2.07. The van der Waals surface area contributed by atoms with Gasteiger partial charge in [0.25, 0.3) is 0 Å². The van der Waals surface area contributed by atoms with Gasteiger partial charge in [-0.3, -0.25) is 0 Å². The smallest absolute Gasteiger partial charge is 0.220 e. The van der Waals surface area contributed by atoms with Gasteiger partial charge in [0.2, 0.25) is 23.4 Å². The molecule has 0 aliphatic heterocycles. The van der Waals surface area contributed by atoms with Gasteiger partial charge in [0.1, 0.15) is 0 Å². The Kier molecular flexibility index (Phi) is 4.95. The highest BCUT2D eigenvalue weighted by molar-refractivity contribution is 7.98. The fourth-order valence-corrected chi connectivity index (χ4v) is 2.94. The van der Waals surface area contributed by atoms with Crippen LogP contribution in [0, 0.1) is 0 Å². The number of aromatic nitrogens is 5. The average Bonchev–Trinajstić information content (AvgIpc) is 3.01. The predicted octanol–water partition coefficient (Wildman–Crippen LogP) is 2.58. The number of hydrogen-bond acceptors (Lipinski definition) is 7. The number of rotatable bonds is 6. The topological polar surface area (TPSA) is 75.0 Å². The zero-order valence-corrected chi connectivity index (χ0v) is 14.4. The lowest BCUT2D eigenvalue weighted by Crippen LogP contribution is -2.02. The Bertz CT molecular complexity index is 800. The molecule has 2 heterocycles. The minimum Gasteiger partial charge on any atom is -0.481 e. The number of nitrogens with zero attached hydrogens (tertiary/aromatic N) is 5. The number of hydrogen-bond donors (Lipinski definition) is 0. The van der Waals surface area contributed by atoms with Crippen LogP contribution in [-0.4, -0.2) is 39.0 Å². The number of ether oxygens (including phenoxy) is 2. The van der Waals surface area contributed by atoms with E-state index in [1.807, 2.05) is 29.8 Å². The SMILES string of the molecule is COc1cc(OC)nc(-c2nnc(SCc3ccccc3)n2C)n1. The minimum atomic E-state index is 0.410. The molecule has 7 nitrogen and oxygen atoms in total. The molecule has 0 fully saturated rings. The first-order valence-electron chi connectivity index (χ1n) is 7.25.